The number of aliphatic imine (C=N–C) groups is 1. The summed E-state index contributed by atoms with van der Waals surface area (Å²) < 4.78 is 13.5. The van der Waals surface area contributed by atoms with Gasteiger partial charge in [-0.15, -0.1) is 0 Å². The minimum Gasteiger partial charge on any atom is -0.284 e. The third kappa shape index (κ3) is 4.45. The Morgan fingerprint density at radius 1 is 1.04 bits per heavy atom. The van der Waals surface area contributed by atoms with E-state index in [0.29, 0.717) is 10.9 Å². The molecule has 0 aromatic heterocycles. The molecule has 2 saturated carbocycles. The molecule has 1 amide bonds. The molecule has 1 saturated heterocycles. The van der Waals surface area contributed by atoms with Crippen molar-refractivity contribution >= 4 is 28.9 Å². The Kier molecular flexibility index (Phi) is 5.96. The number of benzene rings is 1. The first-order valence-electron chi connectivity index (χ1n) is 10.3. The van der Waals surface area contributed by atoms with Gasteiger partial charge in [0.15, 0.2) is 5.17 Å². The van der Waals surface area contributed by atoms with Gasteiger partial charge in [-0.3, -0.25) is 14.7 Å². The fraction of sp³-hybridized carbons (Fsp3) is 0.545. The van der Waals surface area contributed by atoms with Crippen LogP contribution in [0, 0.1) is 5.82 Å². The van der Waals surface area contributed by atoms with Crippen LogP contribution in [0.25, 0.3) is 6.08 Å². The van der Waals surface area contributed by atoms with Crippen LogP contribution in [-0.4, -0.2) is 28.1 Å². The van der Waals surface area contributed by atoms with Crippen LogP contribution in [0.1, 0.15) is 69.8 Å². The number of halogens is 1. The topological polar surface area (TPSA) is 32.7 Å². The molecule has 3 nitrogen and oxygen atoms in total. The van der Waals surface area contributed by atoms with Crippen molar-refractivity contribution < 1.29 is 9.18 Å². The minimum absolute atomic E-state index is 0.0470. The largest absolute Gasteiger partial charge is 0.284 e. The van der Waals surface area contributed by atoms with Crippen molar-refractivity contribution in [1.82, 2.24) is 4.90 Å². The first-order chi connectivity index (χ1) is 13.2. The lowest BCUT2D eigenvalue weighted by Crippen LogP contribution is -2.41. The zero-order valence-electron chi connectivity index (χ0n) is 15.7. The number of hydrogen-bond donors (Lipinski definition) is 0. The summed E-state index contributed by atoms with van der Waals surface area (Å²) in [6.45, 7) is 0. The summed E-state index contributed by atoms with van der Waals surface area (Å²) >= 11 is 1.48. The van der Waals surface area contributed by atoms with E-state index in [1.807, 2.05) is 17.0 Å². The molecule has 0 bridgehead atoms. The molecule has 1 aromatic rings. The maximum atomic E-state index is 13.5. The Morgan fingerprint density at radius 2 is 1.74 bits per heavy atom. The molecule has 0 radical (unpaired) electrons. The average molecular weight is 387 g/mol. The van der Waals surface area contributed by atoms with Crippen LogP contribution in [0.3, 0.4) is 0 Å². The summed E-state index contributed by atoms with van der Waals surface area (Å²) in [6.07, 6.45) is 13.6. The van der Waals surface area contributed by atoms with E-state index in [0.717, 1.165) is 36.4 Å². The van der Waals surface area contributed by atoms with Crippen molar-refractivity contribution in [3.05, 3.63) is 40.6 Å². The molecule has 3 fully saturated rings. The molecule has 27 heavy (non-hydrogen) atoms. The molecule has 144 valence electrons. The number of rotatable bonds is 3. The van der Waals surface area contributed by atoms with E-state index in [2.05, 4.69) is 0 Å². The van der Waals surface area contributed by atoms with Gasteiger partial charge >= 0.3 is 0 Å². The monoisotopic (exact) mass is 386 g/mol. The first kappa shape index (κ1) is 18.7. The van der Waals surface area contributed by atoms with Crippen LogP contribution in [0.4, 0.5) is 4.39 Å². The summed E-state index contributed by atoms with van der Waals surface area (Å²) in [5.41, 5.74) is 0.730. The summed E-state index contributed by atoms with van der Waals surface area (Å²) in [6, 6.07) is 7.03. The number of hydrogen-bond acceptors (Lipinski definition) is 3. The smallest absolute Gasteiger partial charge is 0.266 e. The Morgan fingerprint density at radius 3 is 2.44 bits per heavy atom. The lowest BCUT2D eigenvalue weighted by atomic mass is 9.94. The Balaban J connectivity index is 1.63. The van der Waals surface area contributed by atoms with Crippen LogP contribution >= 0.6 is 11.8 Å². The maximum Gasteiger partial charge on any atom is 0.266 e. The van der Waals surface area contributed by atoms with Gasteiger partial charge < -0.3 is 0 Å². The highest BCUT2D eigenvalue weighted by atomic mass is 32.2. The van der Waals surface area contributed by atoms with Crippen molar-refractivity contribution in [2.75, 3.05) is 0 Å². The summed E-state index contributed by atoms with van der Waals surface area (Å²) in [4.78, 5) is 20.9. The molecule has 1 heterocycles. The molecule has 5 heteroatoms. The molecule has 3 aliphatic rings. The van der Waals surface area contributed by atoms with Gasteiger partial charge in [-0.05, 0) is 61.2 Å². The number of thioether (sulfide) groups is 1. The van der Waals surface area contributed by atoms with Crippen molar-refractivity contribution in [3.63, 3.8) is 0 Å². The Bertz CT molecular complexity index is 748. The highest BCUT2D eigenvalue weighted by molar-refractivity contribution is 8.18. The first-order valence-corrected chi connectivity index (χ1v) is 11.1. The van der Waals surface area contributed by atoms with Crippen LogP contribution < -0.4 is 0 Å². The fourth-order valence-corrected chi connectivity index (χ4v) is 5.46. The summed E-state index contributed by atoms with van der Waals surface area (Å²) in [5, 5.41) is 0.876. The van der Waals surface area contributed by atoms with Crippen LogP contribution in [0.5, 0.6) is 0 Å². The summed E-state index contributed by atoms with van der Waals surface area (Å²) in [5.74, 6) is -0.231. The molecule has 0 atom stereocenters. The van der Waals surface area contributed by atoms with Gasteiger partial charge in [-0.25, -0.2) is 4.39 Å². The standard InChI is InChI=1S/C22H27FN2OS/c23-17-9-7-8-16(14-17)15-20-21(26)25(19-12-5-2-6-13-19)22(27-20)24-18-10-3-1-4-11-18/h7-9,14-15,18-19H,1-6,10-13H2. The third-order valence-corrected chi connectivity index (χ3v) is 6.79. The Hall–Kier alpha value is -1.62. The number of amidine groups is 1. The normalized spacial score (nSPS) is 25.7. The van der Waals surface area contributed by atoms with E-state index in [1.165, 1.54) is 62.4 Å². The van der Waals surface area contributed by atoms with Gasteiger partial charge in [0.2, 0.25) is 0 Å². The third-order valence-electron chi connectivity index (χ3n) is 5.79. The SMILES string of the molecule is O=C1C(=Cc2cccc(F)c2)SC(=NC2CCCCC2)N1C1CCCCC1. The van der Waals surface area contributed by atoms with Crippen molar-refractivity contribution in [3.8, 4) is 0 Å². The predicted octanol–water partition coefficient (Wildman–Crippen LogP) is 5.76. The quantitative estimate of drug-likeness (QED) is 0.618. The minimum atomic E-state index is -0.278. The number of nitrogens with zero attached hydrogens (tertiary/aromatic N) is 2. The van der Waals surface area contributed by atoms with E-state index in [9.17, 15) is 9.18 Å². The lowest BCUT2D eigenvalue weighted by Gasteiger charge is -2.31. The second-order valence-electron chi connectivity index (χ2n) is 7.84. The predicted molar refractivity (Wildman–Crippen MR) is 110 cm³/mol. The molecule has 0 unspecified atom stereocenters. The number of amides is 1. The second kappa shape index (κ2) is 8.59. The zero-order valence-corrected chi connectivity index (χ0v) is 16.5. The fourth-order valence-electron chi connectivity index (χ4n) is 4.35. The van der Waals surface area contributed by atoms with E-state index >= 15 is 0 Å². The van der Waals surface area contributed by atoms with Gasteiger partial charge in [-0.2, -0.15) is 0 Å². The average Bonchev–Trinajstić information content (AvgIpc) is 2.98. The van der Waals surface area contributed by atoms with Crippen molar-refractivity contribution in [1.29, 1.82) is 0 Å². The van der Waals surface area contributed by atoms with Gasteiger partial charge in [0.05, 0.1) is 10.9 Å². The van der Waals surface area contributed by atoms with E-state index in [1.54, 1.807) is 6.07 Å². The van der Waals surface area contributed by atoms with E-state index in [4.69, 9.17) is 4.99 Å². The van der Waals surface area contributed by atoms with Gasteiger partial charge in [0.1, 0.15) is 5.82 Å². The molecule has 1 aliphatic heterocycles. The van der Waals surface area contributed by atoms with Crippen molar-refractivity contribution in [2.45, 2.75) is 76.3 Å². The van der Waals surface area contributed by atoms with Gasteiger partial charge in [0.25, 0.3) is 5.91 Å². The van der Waals surface area contributed by atoms with E-state index < -0.39 is 0 Å². The Labute approximate surface area is 165 Å². The van der Waals surface area contributed by atoms with E-state index in [-0.39, 0.29) is 17.8 Å². The van der Waals surface area contributed by atoms with Crippen LogP contribution in [0.2, 0.25) is 0 Å². The molecule has 1 aromatic carbocycles. The highest BCUT2D eigenvalue weighted by Gasteiger charge is 2.39. The van der Waals surface area contributed by atoms with Crippen LogP contribution in [-0.2, 0) is 4.79 Å². The zero-order chi connectivity index (χ0) is 18.6. The van der Waals surface area contributed by atoms with Gasteiger partial charge in [0, 0.05) is 6.04 Å². The molecule has 0 N–H and O–H groups in total. The lowest BCUT2D eigenvalue weighted by molar-refractivity contribution is -0.124. The number of carbonyl (C=O) groups is 1. The molecule has 2 aliphatic carbocycles. The highest BCUT2D eigenvalue weighted by Crippen LogP contribution is 2.38. The molecule has 0 spiro atoms. The van der Waals surface area contributed by atoms with Crippen LogP contribution in [0.15, 0.2) is 34.2 Å². The molecule has 4 rings (SSSR count). The second-order valence-corrected chi connectivity index (χ2v) is 8.85. The maximum absolute atomic E-state index is 13.5. The van der Waals surface area contributed by atoms with Gasteiger partial charge in [-0.1, -0.05) is 50.7 Å². The molecular formula is C22H27FN2OS. The summed E-state index contributed by atoms with van der Waals surface area (Å²) in [7, 11) is 0. The molecular weight excluding hydrogens is 359 g/mol. The number of carbonyl (C=O) groups excluding carboxylic acids is 1. The van der Waals surface area contributed by atoms with Crippen molar-refractivity contribution in [2.24, 2.45) is 4.99 Å².